The van der Waals surface area contributed by atoms with E-state index in [0.717, 1.165) is 5.56 Å². The Kier molecular flexibility index (Phi) is 6.50. The third-order valence-electron chi connectivity index (χ3n) is 4.99. The van der Waals surface area contributed by atoms with Crippen molar-refractivity contribution in [2.75, 3.05) is 12.1 Å². The van der Waals surface area contributed by atoms with Crippen molar-refractivity contribution in [3.63, 3.8) is 0 Å². The second-order valence-corrected chi connectivity index (χ2v) is 7.78. The Bertz CT molecular complexity index is 1260. The molecule has 4 rings (SSSR count). The van der Waals surface area contributed by atoms with Gasteiger partial charge in [0.1, 0.15) is 5.69 Å². The van der Waals surface area contributed by atoms with Gasteiger partial charge in [0.2, 0.25) is 6.79 Å². The average Bonchev–Trinajstić information content (AvgIpc) is 3.24. The fraction of sp³-hybridized carbons (Fsp3) is 0.174. The third-order valence-corrected chi connectivity index (χ3v) is 5.23. The van der Waals surface area contributed by atoms with Crippen molar-refractivity contribution in [3.8, 4) is 11.5 Å². The molecule has 170 valence electrons. The van der Waals surface area contributed by atoms with Gasteiger partial charge >= 0.3 is 12.0 Å². The van der Waals surface area contributed by atoms with Gasteiger partial charge in [-0.2, -0.15) is 0 Å². The van der Waals surface area contributed by atoms with Gasteiger partial charge in [0.25, 0.3) is 5.56 Å². The highest BCUT2D eigenvalue weighted by atomic mass is 35.5. The highest BCUT2D eigenvalue weighted by Crippen LogP contribution is 2.34. The lowest BCUT2D eigenvalue weighted by Crippen LogP contribution is -2.36. The van der Waals surface area contributed by atoms with E-state index >= 15 is 0 Å². The number of amides is 2. The lowest BCUT2D eigenvalue weighted by molar-refractivity contribution is -0.137. The highest BCUT2D eigenvalue weighted by Gasteiger charge is 2.22. The summed E-state index contributed by atoms with van der Waals surface area (Å²) in [7, 11) is 0. The number of nitrogens with zero attached hydrogens (tertiary/aromatic N) is 1. The topological polar surface area (TPSA) is 119 Å². The molecule has 1 unspecified atom stereocenters. The van der Waals surface area contributed by atoms with Crippen LogP contribution in [0.2, 0.25) is 5.02 Å². The van der Waals surface area contributed by atoms with Gasteiger partial charge in [-0.05, 0) is 47.5 Å². The van der Waals surface area contributed by atoms with E-state index < -0.39 is 23.6 Å². The van der Waals surface area contributed by atoms with E-state index in [4.69, 9.17) is 21.1 Å². The van der Waals surface area contributed by atoms with Crippen molar-refractivity contribution >= 4 is 29.3 Å². The quantitative estimate of drug-likeness (QED) is 0.486. The number of rotatable bonds is 7. The number of carbonyl (C=O) groups is 2. The van der Waals surface area contributed by atoms with E-state index in [1.807, 2.05) is 6.07 Å². The SMILES string of the molecule is O=C(O)CC(NC(=O)Nc1cccn(Cc2cccc(Cl)c2)c1=O)c1ccc2c(c1)OCO2. The summed E-state index contributed by atoms with van der Waals surface area (Å²) in [5.74, 6) is -0.0829. The number of carboxylic acid groups (broad SMARTS) is 1. The maximum Gasteiger partial charge on any atom is 0.319 e. The molecule has 1 aliphatic heterocycles. The minimum atomic E-state index is -1.10. The Balaban J connectivity index is 1.49. The number of carboxylic acids is 1. The summed E-state index contributed by atoms with van der Waals surface area (Å²) in [5, 5.41) is 15.0. The molecule has 0 fully saturated rings. The first-order chi connectivity index (χ1) is 15.9. The lowest BCUT2D eigenvalue weighted by atomic mass is 10.0. The van der Waals surface area contributed by atoms with E-state index in [0.29, 0.717) is 22.1 Å². The van der Waals surface area contributed by atoms with Crippen LogP contribution < -0.4 is 25.7 Å². The van der Waals surface area contributed by atoms with Crippen LogP contribution in [-0.4, -0.2) is 28.5 Å². The Labute approximate surface area is 193 Å². The number of fused-ring (bicyclic) bond motifs is 1. The summed E-state index contributed by atoms with van der Waals surface area (Å²) in [6.07, 6.45) is 1.24. The Morgan fingerprint density at radius 2 is 1.91 bits per heavy atom. The molecule has 9 nitrogen and oxygen atoms in total. The molecule has 0 bridgehead atoms. The zero-order chi connectivity index (χ0) is 23.4. The van der Waals surface area contributed by atoms with Crippen molar-refractivity contribution in [2.24, 2.45) is 0 Å². The molecule has 2 heterocycles. The maximum atomic E-state index is 12.8. The zero-order valence-electron chi connectivity index (χ0n) is 17.3. The number of ether oxygens (including phenoxy) is 2. The smallest absolute Gasteiger partial charge is 0.319 e. The van der Waals surface area contributed by atoms with Crippen LogP contribution in [0.15, 0.2) is 65.6 Å². The number of nitrogens with one attached hydrogen (secondary N) is 2. The molecule has 0 radical (unpaired) electrons. The molecule has 1 aromatic heterocycles. The summed E-state index contributed by atoms with van der Waals surface area (Å²) in [6.45, 7) is 0.348. The Morgan fingerprint density at radius 3 is 2.70 bits per heavy atom. The zero-order valence-corrected chi connectivity index (χ0v) is 18.0. The number of hydrogen-bond acceptors (Lipinski definition) is 5. The molecule has 0 saturated heterocycles. The molecular formula is C23H20ClN3O6. The van der Waals surface area contributed by atoms with E-state index in [-0.39, 0.29) is 25.4 Å². The number of urea groups is 1. The van der Waals surface area contributed by atoms with E-state index in [2.05, 4.69) is 10.6 Å². The number of aromatic nitrogens is 1. The Hall–Kier alpha value is -3.98. The second-order valence-electron chi connectivity index (χ2n) is 7.35. The molecule has 33 heavy (non-hydrogen) atoms. The van der Waals surface area contributed by atoms with Gasteiger partial charge in [-0.1, -0.05) is 29.8 Å². The predicted molar refractivity (Wildman–Crippen MR) is 121 cm³/mol. The van der Waals surface area contributed by atoms with Gasteiger partial charge < -0.3 is 29.8 Å². The Morgan fingerprint density at radius 1 is 1.09 bits per heavy atom. The molecule has 3 N–H and O–H groups in total. The minimum absolute atomic E-state index is 0.0526. The maximum absolute atomic E-state index is 12.8. The number of halogens is 1. The van der Waals surface area contributed by atoms with Crippen molar-refractivity contribution < 1.29 is 24.2 Å². The van der Waals surface area contributed by atoms with Crippen molar-refractivity contribution in [3.05, 3.63) is 87.3 Å². The summed E-state index contributed by atoms with van der Waals surface area (Å²) in [4.78, 5) is 36.8. The molecule has 0 saturated carbocycles. The number of pyridine rings is 1. The van der Waals surface area contributed by atoms with Crippen LogP contribution in [0.4, 0.5) is 10.5 Å². The van der Waals surface area contributed by atoms with Gasteiger partial charge in [-0.15, -0.1) is 0 Å². The third kappa shape index (κ3) is 5.45. The number of anilines is 1. The summed E-state index contributed by atoms with van der Waals surface area (Å²) in [6, 6.07) is 13.6. The van der Waals surface area contributed by atoms with Crippen LogP contribution in [0.3, 0.4) is 0 Å². The van der Waals surface area contributed by atoms with Gasteiger partial charge in [0.15, 0.2) is 11.5 Å². The van der Waals surface area contributed by atoms with Gasteiger partial charge in [0.05, 0.1) is 19.0 Å². The van der Waals surface area contributed by atoms with Crippen LogP contribution in [0.5, 0.6) is 11.5 Å². The number of carbonyl (C=O) groups excluding carboxylic acids is 1. The largest absolute Gasteiger partial charge is 0.481 e. The van der Waals surface area contributed by atoms with E-state index in [1.54, 1.807) is 48.7 Å². The molecule has 0 aliphatic carbocycles. The molecule has 1 aliphatic rings. The van der Waals surface area contributed by atoms with Crippen LogP contribution in [-0.2, 0) is 11.3 Å². The monoisotopic (exact) mass is 469 g/mol. The van der Waals surface area contributed by atoms with Crippen molar-refractivity contribution in [1.29, 1.82) is 0 Å². The average molecular weight is 470 g/mol. The van der Waals surface area contributed by atoms with Crippen molar-refractivity contribution in [1.82, 2.24) is 9.88 Å². The molecule has 10 heteroatoms. The minimum Gasteiger partial charge on any atom is -0.481 e. The van der Waals surface area contributed by atoms with Crippen LogP contribution >= 0.6 is 11.6 Å². The standard InChI is InChI=1S/C23H20ClN3O6/c24-16-4-1-3-14(9-16)12-27-8-2-5-17(22(27)30)25-23(31)26-18(11-21(28)29)15-6-7-19-20(10-15)33-13-32-19/h1-10,18H,11-13H2,(H,28,29)(H2,25,26,31). The van der Waals surface area contributed by atoms with Gasteiger partial charge in [-0.3, -0.25) is 9.59 Å². The first-order valence-corrected chi connectivity index (χ1v) is 10.4. The molecule has 0 spiro atoms. The van der Waals surface area contributed by atoms with Gasteiger partial charge in [-0.25, -0.2) is 4.79 Å². The number of hydrogen-bond donors (Lipinski definition) is 3. The van der Waals surface area contributed by atoms with Crippen LogP contribution in [0.25, 0.3) is 0 Å². The fourth-order valence-electron chi connectivity index (χ4n) is 3.46. The lowest BCUT2D eigenvalue weighted by Gasteiger charge is -2.18. The van der Waals surface area contributed by atoms with Crippen LogP contribution in [0.1, 0.15) is 23.6 Å². The van der Waals surface area contributed by atoms with E-state index in [1.165, 1.54) is 10.6 Å². The first-order valence-electron chi connectivity index (χ1n) is 10.0. The highest BCUT2D eigenvalue weighted by molar-refractivity contribution is 6.30. The summed E-state index contributed by atoms with van der Waals surface area (Å²) < 4.78 is 12.0. The fourth-order valence-corrected chi connectivity index (χ4v) is 3.67. The molecular weight excluding hydrogens is 450 g/mol. The molecule has 2 amide bonds. The van der Waals surface area contributed by atoms with E-state index in [9.17, 15) is 19.5 Å². The molecule has 1 atom stereocenters. The van der Waals surface area contributed by atoms with Gasteiger partial charge in [0, 0.05) is 11.2 Å². The van der Waals surface area contributed by atoms with Crippen molar-refractivity contribution in [2.45, 2.75) is 19.0 Å². The predicted octanol–water partition coefficient (Wildman–Crippen LogP) is 3.62. The van der Waals surface area contributed by atoms with Crippen LogP contribution in [0, 0.1) is 0 Å². The summed E-state index contributed by atoms with van der Waals surface area (Å²) in [5.41, 5.74) is 1.00. The normalized spacial score (nSPS) is 12.8. The number of aliphatic carboxylic acids is 1. The number of benzene rings is 2. The molecule has 2 aromatic carbocycles. The summed E-state index contributed by atoms with van der Waals surface area (Å²) >= 11 is 6.01. The second kappa shape index (κ2) is 9.66. The first kappa shape index (κ1) is 22.2. The molecule has 3 aromatic rings.